The van der Waals surface area contributed by atoms with Crippen LogP contribution in [0.25, 0.3) is 0 Å². The molecule has 3 heterocycles. The van der Waals surface area contributed by atoms with Crippen LogP contribution in [-0.2, 0) is 25.9 Å². The fourth-order valence-corrected chi connectivity index (χ4v) is 3.86. The Balaban J connectivity index is 1.39. The summed E-state index contributed by atoms with van der Waals surface area (Å²) in [6.45, 7) is 7.62. The van der Waals surface area contributed by atoms with Crippen molar-refractivity contribution < 1.29 is 9.47 Å². The monoisotopic (exact) mass is 342 g/mol. The van der Waals surface area contributed by atoms with Crippen LogP contribution >= 0.6 is 0 Å². The minimum Gasteiger partial charge on any atom is -0.494 e. The summed E-state index contributed by atoms with van der Waals surface area (Å²) in [6.07, 6.45) is 5.23. The van der Waals surface area contributed by atoms with Crippen LogP contribution < -0.4 is 14.8 Å². The molecule has 0 amide bonds. The van der Waals surface area contributed by atoms with Crippen molar-refractivity contribution in [1.29, 1.82) is 0 Å². The van der Waals surface area contributed by atoms with Gasteiger partial charge in [-0.15, -0.1) is 10.2 Å². The summed E-state index contributed by atoms with van der Waals surface area (Å²) >= 11 is 0. The molecule has 2 aromatic rings. The van der Waals surface area contributed by atoms with Gasteiger partial charge in [-0.05, 0) is 44.9 Å². The molecule has 6 heteroatoms. The van der Waals surface area contributed by atoms with E-state index in [1.54, 1.807) is 0 Å². The molecule has 0 aliphatic carbocycles. The Kier molecular flexibility index (Phi) is 4.61. The summed E-state index contributed by atoms with van der Waals surface area (Å²) in [5.74, 6) is 3.73. The fraction of sp³-hybridized carbons (Fsp3) is 0.579. The van der Waals surface area contributed by atoms with Crippen molar-refractivity contribution in [1.82, 2.24) is 20.1 Å². The molecule has 2 unspecified atom stereocenters. The number of hydrogen-bond acceptors (Lipinski definition) is 5. The topological polar surface area (TPSA) is 61.2 Å². The molecule has 2 aliphatic rings. The molecule has 134 valence electrons. The van der Waals surface area contributed by atoms with Gasteiger partial charge in [0.2, 0.25) is 0 Å². The van der Waals surface area contributed by atoms with Gasteiger partial charge in [0, 0.05) is 37.1 Å². The van der Waals surface area contributed by atoms with E-state index in [2.05, 4.69) is 39.1 Å². The van der Waals surface area contributed by atoms with Crippen molar-refractivity contribution in [2.45, 2.75) is 52.3 Å². The highest BCUT2D eigenvalue weighted by Gasteiger charge is 2.24. The molecule has 4 rings (SSSR count). The molecule has 2 aliphatic heterocycles. The first-order valence-electron chi connectivity index (χ1n) is 9.25. The smallest absolute Gasteiger partial charge is 0.132 e. The predicted molar refractivity (Wildman–Crippen MR) is 94.9 cm³/mol. The molecule has 0 spiro atoms. The molecular weight excluding hydrogens is 316 g/mol. The predicted octanol–water partition coefficient (Wildman–Crippen LogP) is 2.35. The second-order valence-corrected chi connectivity index (χ2v) is 7.07. The number of nitrogens with zero attached hydrogens (tertiary/aromatic N) is 3. The average Bonchev–Trinajstić information content (AvgIpc) is 3.20. The number of hydrogen-bond donors (Lipinski definition) is 1. The molecule has 0 bridgehead atoms. The van der Waals surface area contributed by atoms with E-state index in [1.807, 2.05) is 13.3 Å². The summed E-state index contributed by atoms with van der Waals surface area (Å²) in [4.78, 5) is 0. The van der Waals surface area contributed by atoms with Crippen LogP contribution in [0.3, 0.4) is 0 Å². The molecule has 6 nitrogen and oxygen atoms in total. The lowest BCUT2D eigenvalue weighted by atomic mass is 9.99. The van der Waals surface area contributed by atoms with Gasteiger partial charge in [0.05, 0.1) is 6.61 Å². The maximum Gasteiger partial charge on any atom is 0.132 e. The van der Waals surface area contributed by atoms with Crippen molar-refractivity contribution in [2.24, 2.45) is 5.92 Å². The second-order valence-electron chi connectivity index (χ2n) is 7.07. The lowest BCUT2D eigenvalue weighted by Gasteiger charge is -2.23. The van der Waals surface area contributed by atoms with Crippen LogP contribution in [0, 0.1) is 5.92 Å². The van der Waals surface area contributed by atoms with Gasteiger partial charge < -0.3 is 19.4 Å². The highest BCUT2D eigenvalue weighted by Crippen LogP contribution is 2.36. The van der Waals surface area contributed by atoms with Gasteiger partial charge in [-0.1, -0.05) is 0 Å². The second kappa shape index (κ2) is 7.04. The number of aryl methyl sites for hydroxylation is 1. The van der Waals surface area contributed by atoms with Crippen LogP contribution in [0.15, 0.2) is 18.5 Å². The van der Waals surface area contributed by atoms with Crippen molar-refractivity contribution >= 4 is 0 Å². The molecule has 25 heavy (non-hydrogen) atoms. The first-order valence-corrected chi connectivity index (χ1v) is 9.25. The maximum absolute atomic E-state index is 6.03. The van der Waals surface area contributed by atoms with Crippen molar-refractivity contribution in [3.8, 4) is 11.5 Å². The molecule has 0 saturated carbocycles. The zero-order chi connectivity index (χ0) is 17.2. The number of fused-ring (bicyclic) bond motifs is 2. The van der Waals surface area contributed by atoms with Gasteiger partial charge in [-0.25, -0.2) is 0 Å². The molecule has 2 atom stereocenters. The first kappa shape index (κ1) is 16.4. The van der Waals surface area contributed by atoms with Gasteiger partial charge in [0.25, 0.3) is 0 Å². The third kappa shape index (κ3) is 3.49. The van der Waals surface area contributed by atoms with Crippen LogP contribution in [0.1, 0.15) is 37.2 Å². The van der Waals surface area contributed by atoms with E-state index in [1.165, 1.54) is 11.1 Å². The zero-order valence-electron chi connectivity index (χ0n) is 15.0. The Bertz CT molecular complexity index is 743. The van der Waals surface area contributed by atoms with Crippen molar-refractivity contribution in [3.63, 3.8) is 0 Å². The Hall–Kier alpha value is -2.08. The minimum atomic E-state index is 0.246. The average molecular weight is 342 g/mol. The Morgan fingerprint density at radius 3 is 3.20 bits per heavy atom. The highest BCUT2D eigenvalue weighted by molar-refractivity contribution is 5.49. The van der Waals surface area contributed by atoms with Crippen LogP contribution in [0.2, 0.25) is 0 Å². The maximum atomic E-state index is 6.03. The van der Waals surface area contributed by atoms with E-state index in [-0.39, 0.29) is 6.10 Å². The van der Waals surface area contributed by atoms with Gasteiger partial charge in [0.15, 0.2) is 0 Å². The molecule has 1 aromatic heterocycles. The Morgan fingerprint density at radius 1 is 1.40 bits per heavy atom. The van der Waals surface area contributed by atoms with Crippen molar-refractivity contribution in [2.75, 3.05) is 13.2 Å². The number of aromatic nitrogens is 3. The zero-order valence-corrected chi connectivity index (χ0v) is 15.0. The Labute approximate surface area is 148 Å². The van der Waals surface area contributed by atoms with Gasteiger partial charge in [0.1, 0.15) is 29.8 Å². The van der Waals surface area contributed by atoms with Gasteiger partial charge in [-0.3, -0.25) is 0 Å². The van der Waals surface area contributed by atoms with Gasteiger partial charge >= 0.3 is 0 Å². The molecule has 0 saturated heterocycles. The van der Waals surface area contributed by atoms with E-state index in [0.717, 1.165) is 56.2 Å². The number of ether oxygens (including phenoxy) is 2. The number of rotatable bonds is 6. The van der Waals surface area contributed by atoms with Crippen LogP contribution in [-0.4, -0.2) is 34.0 Å². The quantitative estimate of drug-likeness (QED) is 0.873. The molecular formula is C19H26N4O2. The van der Waals surface area contributed by atoms with Crippen LogP contribution in [0.5, 0.6) is 11.5 Å². The third-order valence-corrected chi connectivity index (χ3v) is 5.03. The van der Waals surface area contributed by atoms with E-state index >= 15 is 0 Å². The van der Waals surface area contributed by atoms with E-state index in [4.69, 9.17) is 9.47 Å². The number of nitrogens with one attached hydrogen (secondary N) is 1. The highest BCUT2D eigenvalue weighted by atomic mass is 16.5. The largest absolute Gasteiger partial charge is 0.494 e. The summed E-state index contributed by atoms with van der Waals surface area (Å²) in [5.41, 5.74) is 2.47. The molecule has 1 aromatic carbocycles. The molecule has 0 fully saturated rings. The molecule has 0 radical (unpaired) electrons. The molecule has 1 N–H and O–H groups in total. The summed E-state index contributed by atoms with van der Waals surface area (Å²) in [5, 5.41) is 11.8. The Morgan fingerprint density at radius 2 is 2.32 bits per heavy atom. The van der Waals surface area contributed by atoms with Gasteiger partial charge in [-0.2, -0.15) is 0 Å². The minimum absolute atomic E-state index is 0.246. The SMILES string of the molecule is CCOc1cc(CNCC2CCc3nncn3C2)c2c(c1)CC(C)O2. The summed E-state index contributed by atoms with van der Waals surface area (Å²) in [6, 6.07) is 4.24. The lowest BCUT2D eigenvalue weighted by molar-refractivity contribution is 0.251. The van der Waals surface area contributed by atoms with E-state index < -0.39 is 0 Å². The van der Waals surface area contributed by atoms with Crippen LogP contribution in [0.4, 0.5) is 0 Å². The summed E-state index contributed by atoms with van der Waals surface area (Å²) < 4.78 is 13.9. The van der Waals surface area contributed by atoms with E-state index in [0.29, 0.717) is 12.5 Å². The fourth-order valence-electron chi connectivity index (χ4n) is 3.86. The summed E-state index contributed by atoms with van der Waals surface area (Å²) in [7, 11) is 0. The lowest BCUT2D eigenvalue weighted by Crippen LogP contribution is -2.29. The third-order valence-electron chi connectivity index (χ3n) is 5.03. The van der Waals surface area contributed by atoms with Crippen molar-refractivity contribution in [3.05, 3.63) is 35.4 Å². The normalized spacial score (nSPS) is 21.5. The first-order chi connectivity index (χ1) is 12.2. The number of benzene rings is 1. The van der Waals surface area contributed by atoms with E-state index in [9.17, 15) is 0 Å². The standard InChI is InChI=1S/C19H26N4O2/c1-3-24-17-7-15-6-13(2)25-19(15)16(8-17)10-20-9-14-4-5-18-22-21-12-23(18)11-14/h7-8,12-14,20H,3-6,9-11H2,1-2H3.